The van der Waals surface area contributed by atoms with E-state index in [-0.39, 0.29) is 20.1 Å². The van der Waals surface area contributed by atoms with Crippen molar-refractivity contribution < 1.29 is 29.6 Å². The van der Waals surface area contributed by atoms with Crippen LogP contribution in [0.4, 0.5) is 11.4 Å². The van der Waals surface area contributed by atoms with E-state index in [1.54, 1.807) is 6.20 Å². The molecule has 50 heavy (non-hydrogen) atoms. The average molecular weight is 962 g/mol. The predicted octanol–water partition coefficient (Wildman–Crippen LogP) is 11.9. The Kier molecular flexibility index (Phi) is 12.1. The molecule has 0 aliphatic carbocycles. The van der Waals surface area contributed by atoms with Crippen LogP contribution in [0.15, 0.2) is 149 Å². The smallest absolute Gasteiger partial charge is 0.152 e. The minimum absolute atomic E-state index is 0. The number of fused-ring (bicyclic) bond motifs is 3. The maximum Gasteiger partial charge on any atom is 0.152 e. The van der Waals surface area contributed by atoms with Crippen molar-refractivity contribution in [2.24, 2.45) is 0 Å². The second-order valence-corrected chi connectivity index (χ2v) is 13.2. The Morgan fingerprint density at radius 3 is 2.14 bits per heavy atom. The van der Waals surface area contributed by atoms with Gasteiger partial charge in [0.25, 0.3) is 0 Å². The molecule has 1 aliphatic rings. The van der Waals surface area contributed by atoms with Crippen molar-refractivity contribution in [2.45, 2.75) is 12.8 Å². The van der Waals surface area contributed by atoms with Gasteiger partial charge in [0.15, 0.2) is 11.5 Å². The van der Waals surface area contributed by atoms with Gasteiger partial charge in [0.1, 0.15) is 0 Å². The Morgan fingerprint density at radius 1 is 0.680 bits per heavy atom. The van der Waals surface area contributed by atoms with Crippen LogP contribution in [-0.2, 0) is 20.1 Å². The molecule has 0 unspecified atom stereocenters. The van der Waals surface area contributed by atoms with Gasteiger partial charge in [-0.15, -0.1) is 65.7 Å². The number of rotatable bonds is 8. The van der Waals surface area contributed by atoms with Crippen molar-refractivity contribution in [1.82, 2.24) is 9.97 Å². The Labute approximate surface area is 322 Å². The summed E-state index contributed by atoms with van der Waals surface area (Å²) in [4.78, 5) is 11.1. The molecule has 3 heterocycles. The van der Waals surface area contributed by atoms with E-state index < -0.39 is 0 Å². The van der Waals surface area contributed by atoms with Crippen molar-refractivity contribution in [2.75, 3.05) is 18.1 Å². The van der Waals surface area contributed by atoms with Crippen LogP contribution in [0.3, 0.4) is 0 Å². The zero-order valence-corrected chi connectivity index (χ0v) is 32.4. The summed E-state index contributed by atoms with van der Waals surface area (Å²) in [6, 6.07) is 48.7. The van der Waals surface area contributed by atoms with Gasteiger partial charge in [-0.2, -0.15) is 0 Å². The molecule has 8 heteroatoms. The molecule has 0 amide bonds. The summed E-state index contributed by atoms with van der Waals surface area (Å²) in [5.74, 6) is 2.54. The summed E-state index contributed by atoms with van der Waals surface area (Å²) < 4.78 is 14.1. The van der Waals surface area contributed by atoms with Crippen LogP contribution in [0.5, 0.6) is 17.2 Å². The number of hydrogen-bond donors (Lipinski definition) is 0. The monoisotopic (exact) mass is 960 g/mol. The van der Waals surface area contributed by atoms with E-state index >= 15 is 0 Å². The van der Waals surface area contributed by atoms with Gasteiger partial charge in [-0.05, 0) is 83.5 Å². The fourth-order valence-corrected chi connectivity index (χ4v) is 6.37. The van der Waals surface area contributed by atoms with E-state index in [1.165, 1.54) is 10.8 Å². The van der Waals surface area contributed by atoms with Gasteiger partial charge in [0, 0.05) is 53.7 Å². The Hall–Kier alpha value is -4.33. The number of hydrogen-bond acceptors (Lipinski definition) is 5. The van der Waals surface area contributed by atoms with Crippen LogP contribution in [0.25, 0.3) is 33.3 Å². The molecule has 7 aromatic rings. The van der Waals surface area contributed by atoms with Gasteiger partial charge in [0.05, 0.1) is 18.0 Å². The Balaban J connectivity index is 0.000000213. The standard InChI is InChI=1S/C27H21Br2N2O2.C15H10N.Ir/c28-20-8-12-24-26(17-20)33-27-18-21(29)9-13-25(27)31(24)15-3-4-16-32-22-10-6-19(7-11-22)23-5-1-2-14-30-23;1-2-7-13(8-3-1)15-14-9-5-4-6-12(14)10-11-16-15;/h1-2,5-6,8-14,17-18H,3-4,15-16H2;1-7,9-11H;/q2*-1;. The first-order valence-corrected chi connectivity index (χ1v) is 17.6. The van der Waals surface area contributed by atoms with Crippen LogP contribution in [0.2, 0.25) is 0 Å². The van der Waals surface area contributed by atoms with Gasteiger partial charge >= 0.3 is 0 Å². The molecule has 0 bridgehead atoms. The third kappa shape index (κ3) is 8.51. The first-order chi connectivity index (χ1) is 24.1. The molecule has 0 fully saturated rings. The molecule has 1 radical (unpaired) electrons. The average Bonchev–Trinajstić information content (AvgIpc) is 3.15. The second-order valence-electron chi connectivity index (χ2n) is 11.3. The van der Waals surface area contributed by atoms with Gasteiger partial charge in [-0.3, -0.25) is 0 Å². The van der Waals surface area contributed by atoms with E-state index in [1.807, 2.05) is 109 Å². The third-order valence-corrected chi connectivity index (χ3v) is 9.04. The van der Waals surface area contributed by atoms with Gasteiger partial charge in [-0.25, -0.2) is 0 Å². The van der Waals surface area contributed by atoms with E-state index in [0.717, 1.165) is 79.5 Å². The minimum Gasteiger partial charge on any atom is -0.537 e. The van der Waals surface area contributed by atoms with Gasteiger partial charge < -0.3 is 24.3 Å². The zero-order valence-electron chi connectivity index (χ0n) is 26.9. The molecule has 1 aliphatic heterocycles. The van der Waals surface area contributed by atoms with Gasteiger partial charge in [-0.1, -0.05) is 68.3 Å². The Bertz CT molecular complexity index is 2110. The van der Waals surface area contributed by atoms with Crippen LogP contribution in [0, 0.1) is 12.1 Å². The Morgan fingerprint density at radius 2 is 1.44 bits per heavy atom. The number of halogens is 2. The normalized spacial score (nSPS) is 11.3. The number of benzene rings is 5. The van der Waals surface area contributed by atoms with Crippen LogP contribution in [0.1, 0.15) is 12.8 Å². The second kappa shape index (κ2) is 17.1. The topological polar surface area (TPSA) is 47.5 Å². The minimum atomic E-state index is 0. The number of nitrogens with zero attached hydrogens (tertiary/aromatic N) is 3. The first-order valence-electron chi connectivity index (χ1n) is 16.0. The quantitative estimate of drug-likeness (QED) is 0.112. The molecule has 5 nitrogen and oxygen atoms in total. The van der Waals surface area contributed by atoms with E-state index in [0.29, 0.717) is 6.61 Å². The SMILES string of the molecule is Brc1ccc2c(c1)Oc1cc(Br)ccc1N2CCCCOc1c[c-]c(-c2ccccn2)cc1.[Ir].[c-]1ccccc1-c1nccc2ccccc12. The first kappa shape index (κ1) is 35.5. The summed E-state index contributed by atoms with van der Waals surface area (Å²) in [6.45, 7) is 1.53. The summed E-state index contributed by atoms with van der Waals surface area (Å²) >= 11 is 7.09. The zero-order chi connectivity index (χ0) is 33.4. The molecule has 5 aromatic carbocycles. The number of anilines is 2. The summed E-state index contributed by atoms with van der Waals surface area (Å²) in [6.07, 6.45) is 5.56. The molecule has 0 saturated carbocycles. The van der Waals surface area contributed by atoms with Crippen molar-refractivity contribution >= 4 is 54.0 Å². The van der Waals surface area contributed by atoms with Crippen LogP contribution < -0.4 is 14.4 Å². The molecular formula is C42H31Br2IrN3O2-2. The molecule has 2 aromatic heterocycles. The number of pyridine rings is 2. The summed E-state index contributed by atoms with van der Waals surface area (Å²) in [5, 5.41) is 2.39. The number of aromatic nitrogens is 2. The molecule has 251 valence electrons. The molecular weight excluding hydrogens is 931 g/mol. The molecule has 0 atom stereocenters. The fraction of sp³-hybridized carbons (Fsp3) is 0.0952. The van der Waals surface area contributed by atoms with Crippen molar-refractivity contribution in [3.63, 3.8) is 0 Å². The van der Waals surface area contributed by atoms with Crippen LogP contribution in [-0.4, -0.2) is 23.1 Å². The summed E-state index contributed by atoms with van der Waals surface area (Å²) in [5.41, 5.74) is 6.07. The third-order valence-electron chi connectivity index (χ3n) is 8.05. The molecule has 0 saturated heterocycles. The fourth-order valence-electron chi connectivity index (χ4n) is 5.69. The van der Waals surface area contributed by atoms with E-state index in [2.05, 4.69) is 83.1 Å². The van der Waals surface area contributed by atoms with E-state index in [9.17, 15) is 0 Å². The van der Waals surface area contributed by atoms with Gasteiger partial charge in [0.2, 0.25) is 0 Å². The largest absolute Gasteiger partial charge is 0.537 e. The number of unbranched alkanes of at least 4 members (excludes halogenated alkanes) is 1. The van der Waals surface area contributed by atoms with Crippen molar-refractivity contribution in [3.05, 3.63) is 161 Å². The van der Waals surface area contributed by atoms with Crippen molar-refractivity contribution in [1.29, 1.82) is 0 Å². The molecule has 8 rings (SSSR count). The predicted molar refractivity (Wildman–Crippen MR) is 205 cm³/mol. The van der Waals surface area contributed by atoms with E-state index in [4.69, 9.17) is 9.47 Å². The maximum absolute atomic E-state index is 6.16. The maximum atomic E-state index is 6.16. The van der Waals surface area contributed by atoms with Crippen LogP contribution >= 0.6 is 31.9 Å². The number of ether oxygens (including phenoxy) is 2. The summed E-state index contributed by atoms with van der Waals surface area (Å²) in [7, 11) is 0. The van der Waals surface area contributed by atoms with Crippen molar-refractivity contribution in [3.8, 4) is 39.8 Å². The molecule has 0 spiro atoms. The molecule has 0 N–H and O–H groups in total.